The summed E-state index contributed by atoms with van der Waals surface area (Å²) in [7, 11) is 0. The summed E-state index contributed by atoms with van der Waals surface area (Å²) in [6, 6.07) is 8.09. The van der Waals surface area contributed by atoms with Gasteiger partial charge >= 0.3 is 0 Å². The van der Waals surface area contributed by atoms with Crippen molar-refractivity contribution in [3.05, 3.63) is 42.0 Å². The molecule has 0 radical (unpaired) electrons. The molecule has 120 valence electrons. The normalized spacial score (nSPS) is 15.0. The summed E-state index contributed by atoms with van der Waals surface area (Å²) in [5, 5.41) is 0. The van der Waals surface area contributed by atoms with Crippen molar-refractivity contribution < 1.29 is 4.79 Å². The average Bonchev–Trinajstić information content (AvgIpc) is 2.56. The number of hydrogen-bond donors (Lipinski definition) is 0. The van der Waals surface area contributed by atoms with E-state index in [1.165, 1.54) is 24.1 Å². The minimum absolute atomic E-state index is 0.149. The molecule has 1 aliphatic heterocycles. The van der Waals surface area contributed by atoms with Gasteiger partial charge in [0.1, 0.15) is 0 Å². The monoisotopic (exact) mass is 300 g/mol. The largest absolute Gasteiger partial charge is 0.372 e. The van der Waals surface area contributed by atoms with Crippen molar-refractivity contribution in [1.82, 2.24) is 4.90 Å². The zero-order valence-electron chi connectivity index (χ0n) is 14.0. The lowest BCUT2D eigenvalue weighted by molar-refractivity contribution is 0.0744. The Morgan fingerprint density at radius 1 is 1.18 bits per heavy atom. The van der Waals surface area contributed by atoms with E-state index in [0.29, 0.717) is 0 Å². The van der Waals surface area contributed by atoms with E-state index in [-0.39, 0.29) is 5.91 Å². The van der Waals surface area contributed by atoms with Gasteiger partial charge in [0.15, 0.2) is 0 Å². The topological polar surface area (TPSA) is 23.6 Å². The number of unbranched alkanes of at least 4 members (excludes halogenated alkanes) is 1. The first-order chi connectivity index (χ1) is 10.7. The molecule has 0 spiro atoms. The molecule has 22 heavy (non-hydrogen) atoms. The van der Waals surface area contributed by atoms with Crippen LogP contribution in [0.25, 0.3) is 0 Å². The summed E-state index contributed by atoms with van der Waals surface area (Å²) in [6.07, 6.45) is 4.27. The number of hydrogen-bond acceptors (Lipinski definition) is 2. The van der Waals surface area contributed by atoms with Gasteiger partial charge in [-0.2, -0.15) is 0 Å². The quantitative estimate of drug-likeness (QED) is 0.738. The van der Waals surface area contributed by atoms with Crippen LogP contribution >= 0.6 is 0 Å². The van der Waals surface area contributed by atoms with Gasteiger partial charge in [-0.25, -0.2) is 0 Å². The molecule has 2 rings (SSSR count). The van der Waals surface area contributed by atoms with Crippen molar-refractivity contribution >= 4 is 11.6 Å². The molecule has 1 amide bonds. The number of benzene rings is 1. The highest BCUT2D eigenvalue weighted by Gasteiger charge is 2.19. The van der Waals surface area contributed by atoms with Crippen molar-refractivity contribution in [3.63, 3.8) is 0 Å². The Bertz CT molecular complexity index is 497. The smallest absolute Gasteiger partial charge is 0.253 e. The van der Waals surface area contributed by atoms with E-state index >= 15 is 0 Å². The van der Waals surface area contributed by atoms with Crippen molar-refractivity contribution in [3.8, 4) is 0 Å². The minimum atomic E-state index is 0.149. The maximum Gasteiger partial charge on any atom is 0.253 e. The SMILES string of the molecule is C=C1CCN(C(=O)c2ccc(N(CC)CCCC)cc2)CC1. The fourth-order valence-corrected chi connectivity index (χ4v) is 2.84. The van der Waals surface area contributed by atoms with Gasteiger partial charge in [0.2, 0.25) is 0 Å². The first-order valence-corrected chi connectivity index (χ1v) is 8.46. The van der Waals surface area contributed by atoms with Crippen LogP contribution in [0.3, 0.4) is 0 Å². The first kappa shape index (κ1) is 16.6. The van der Waals surface area contributed by atoms with Crippen molar-refractivity contribution in [2.24, 2.45) is 0 Å². The highest BCUT2D eigenvalue weighted by Crippen LogP contribution is 2.19. The van der Waals surface area contributed by atoms with E-state index in [0.717, 1.165) is 44.6 Å². The average molecular weight is 300 g/mol. The van der Waals surface area contributed by atoms with Crippen LogP contribution < -0.4 is 4.90 Å². The summed E-state index contributed by atoms with van der Waals surface area (Å²) >= 11 is 0. The minimum Gasteiger partial charge on any atom is -0.372 e. The summed E-state index contributed by atoms with van der Waals surface area (Å²) in [5.41, 5.74) is 3.26. The van der Waals surface area contributed by atoms with E-state index in [2.05, 4.69) is 37.5 Å². The molecule has 3 nitrogen and oxygen atoms in total. The molecule has 0 unspecified atom stereocenters. The molecule has 1 heterocycles. The van der Waals surface area contributed by atoms with Crippen molar-refractivity contribution in [1.29, 1.82) is 0 Å². The second-order valence-electron chi connectivity index (χ2n) is 6.02. The molecular formula is C19H28N2O. The van der Waals surface area contributed by atoms with Crippen LogP contribution in [0.4, 0.5) is 5.69 Å². The van der Waals surface area contributed by atoms with Gasteiger partial charge in [-0.15, -0.1) is 0 Å². The molecule has 1 aromatic carbocycles. The molecule has 1 aliphatic rings. The lowest BCUT2D eigenvalue weighted by Crippen LogP contribution is -2.36. The molecule has 1 aromatic rings. The van der Waals surface area contributed by atoms with Crippen LogP contribution in [-0.2, 0) is 0 Å². The zero-order valence-corrected chi connectivity index (χ0v) is 14.0. The van der Waals surface area contributed by atoms with E-state index in [1.54, 1.807) is 0 Å². The van der Waals surface area contributed by atoms with E-state index in [9.17, 15) is 4.79 Å². The third kappa shape index (κ3) is 4.12. The number of carbonyl (C=O) groups is 1. The van der Waals surface area contributed by atoms with Crippen LogP contribution in [0.5, 0.6) is 0 Å². The number of rotatable bonds is 6. The molecule has 0 aliphatic carbocycles. The molecule has 1 fully saturated rings. The summed E-state index contributed by atoms with van der Waals surface area (Å²) in [5.74, 6) is 0.149. The van der Waals surface area contributed by atoms with Gasteiger partial charge in [-0.05, 0) is 50.5 Å². The van der Waals surface area contributed by atoms with Crippen LogP contribution in [-0.4, -0.2) is 37.0 Å². The Morgan fingerprint density at radius 2 is 1.82 bits per heavy atom. The predicted molar refractivity (Wildman–Crippen MR) is 93.5 cm³/mol. The Morgan fingerprint density at radius 3 is 2.36 bits per heavy atom. The lowest BCUT2D eigenvalue weighted by atomic mass is 10.0. The Kier molecular flexibility index (Phi) is 6.05. The van der Waals surface area contributed by atoms with E-state index in [1.807, 2.05) is 17.0 Å². The van der Waals surface area contributed by atoms with Gasteiger partial charge in [0, 0.05) is 37.4 Å². The van der Waals surface area contributed by atoms with E-state index in [4.69, 9.17) is 0 Å². The van der Waals surface area contributed by atoms with Gasteiger partial charge < -0.3 is 9.80 Å². The Labute approximate surface area is 134 Å². The molecule has 0 atom stereocenters. The van der Waals surface area contributed by atoms with Crippen LogP contribution in [0.2, 0.25) is 0 Å². The number of nitrogens with zero attached hydrogens (tertiary/aromatic N) is 2. The molecule has 0 N–H and O–H groups in total. The lowest BCUT2D eigenvalue weighted by Gasteiger charge is -2.28. The van der Waals surface area contributed by atoms with Gasteiger partial charge in [0.05, 0.1) is 0 Å². The number of piperidine rings is 1. The summed E-state index contributed by atoms with van der Waals surface area (Å²) in [6.45, 7) is 12.1. The predicted octanol–water partition coefficient (Wildman–Crippen LogP) is 4.11. The third-order valence-electron chi connectivity index (χ3n) is 4.40. The van der Waals surface area contributed by atoms with Gasteiger partial charge in [-0.3, -0.25) is 4.79 Å². The zero-order chi connectivity index (χ0) is 15.9. The van der Waals surface area contributed by atoms with Crippen LogP contribution in [0, 0.1) is 0 Å². The molecule has 3 heteroatoms. The highest BCUT2D eigenvalue weighted by atomic mass is 16.2. The summed E-state index contributed by atoms with van der Waals surface area (Å²) < 4.78 is 0. The second kappa shape index (κ2) is 8.02. The van der Waals surface area contributed by atoms with Gasteiger partial charge in [0.25, 0.3) is 5.91 Å². The van der Waals surface area contributed by atoms with Gasteiger partial charge in [-0.1, -0.05) is 25.5 Å². The van der Waals surface area contributed by atoms with Crippen LogP contribution in [0.15, 0.2) is 36.4 Å². The second-order valence-corrected chi connectivity index (χ2v) is 6.02. The number of carbonyl (C=O) groups excluding carboxylic acids is 1. The molecular weight excluding hydrogens is 272 g/mol. The van der Waals surface area contributed by atoms with Crippen molar-refractivity contribution in [2.45, 2.75) is 39.5 Å². The fraction of sp³-hybridized carbons (Fsp3) is 0.526. The molecule has 0 bridgehead atoms. The number of anilines is 1. The molecule has 0 saturated carbocycles. The highest BCUT2D eigenvalue weighted by molar-refractivity contribution is 5.94. The summed E-state index contributed by atoms with van der Waals surface area (Å²) in [4.78, 5) is 16.8. The number of amides is 1. The Balaban J connectivity index is 2.01. The van der Waals surface area contributed by atoms with Crippen LogP contribution in [0.1, 0.15) is 49.9 Å². The maximum absolute atomic E-state index is 12.5. The number of likely N-dealkylation sites (tertiary alicyclic amines) is 1. The third-order valence-corrected chi connectivity index (χ3v) is 4.40. The Hall–Kier alpha value is -1.77. The fourth-order valence-electron chi connectivity index (χ4n) is 2.84. The standard InChI is InChI=1S/C19H28N2O/c1-4-6-13-20(5-2)18-9-7-17(8-10-18)19(22)21-14-11-16(3)12-15-21/h7-10H,3-6,11-15H2,1-2H3. The first-order valence-electron chi connectivity index (χ1n) is 8.46. The molecule has 1 saturated heterocycles. The maximum atomic E-state index is 12.5. The van der Waals surface area contributed by atoms with E-state index < -0.39 is 0 Å². The van der Waals surface area contributed by atoms with Crippen molar-refractivity contribution in [2.75, 3.05) is 31.1 Å². The molecule has 0 aromatic heterocycles.